The fraction of sp³-hybridized carbons (Fsp3) is 0.447. The number of aromatic nitrogens is 2. The quantitative estimate of drug-likeness (QED) is 0.115. The van der Waals surface area contributed by atoms with Gasteiger partial charge in [0.15, 0.2) is 5.58 Å². The third-order valence-corrected chi connectivity index (χ3v) is 11.8. The van der Waals surface area contributed by atoms with E-state index in [9.17, 15) is 14.0 Å². The zero-order valence-electron chi connectivity index (χ0n) is 35.1. The van der Waals surface area contributed by atoms with Gasteiger partial charge in [-0.15, -0.1) is 0 Å². The number of fused-ring (bicyclic) bond motifs is 2. The Balaban J connectivity index is 1.26. The number of halogens is 2. The summed E-state index contributed by atoms with van der Waals surface area (Å²) in [5.41, 5.74) is 4.54. The van der Waals surface area contributed by atoms with E-state index in [0.29, 0.717) is 52.6 Å². The van der Waals surface area contributed by atoms with E-state index in [4.69, 9.17) is 35.2 Å². The van der Waals surface area contributed by atoms with Crippen LogP contribution in [0.4, 0.5) is 9.18 Å². The minimum atomic E-state index is -0.482. The van der Waals surface area contributed by atoms with Gasteiger partial charge >= 0.3 is 12.1 Å². The van der Waals surface area contributed by atoms with Gasteiger partial charge < -0.3 is 23.5 Å². The fourth-order valence-electron chi connectivity index (χ4n) is 7.67. The maximum atomic E-state index is 14.9. The lowest BCUT2D eigenvalue weighted by molar-refractivity contribution is -0.102. The predicted molar refractivity (Wildman–Crippen MR) is 224 cm³/mol. The first-order valence-electron chi connectivity index (χ1n) is 20.1. The summed E-state index contributed by atoms with van der Waals surface area (Å²) in [4.78, 5) is 38.3. The minimum absolute atomic E-state index is 0.186. The van der Waals surface area contributed by atoms with E-state index in [-0.39, 0.29) is 42.3 Å². The molecule has 3 aromatic carbocycles. The summed E-state index contributed by atoms with van der Waals surface area (Å²) in [5, 5.41) is 0.588. The molecule has 0 saturated carbocycles. The van der Waals surface area contributed by atoms with Gasteiger partial charge in [-0.2, -0.15) is 0 Å². The largest absolute Gasteiger partial charge is 0.489 e. The van der Waals surface area contributed by atoms with E-state index >= 15 is 0 Å². The van der Waals surface area contributed by atoms with E-state index in [1.54, 1.807) is 42.2 Å². The summed E-state index contributed by atoms with van der Waals surface area (Å²) < 4.78 is 39.0. The molecule has 0 bridgehead atoms. The molecule has 2 aromatic heterocycles. The second-order valence-electron chi connectivity index (χ2n) is 17.8. The van der Waals surface area contributed by atoms with Gasteiger partial charge in [-0.1, -0.05) is 85.2 Å². The molecule has 11 heteroatoms. The van der Waals surface area contributed by atoms with Crippen LogP contribution in [0, 0.1) is 22.1 Å². The van der Waals surface area contributed by atoms with Crippen LogP contribution in [0.2, 0.25) is 5.02 Å². The Kier molecular flexibility index (Phi) is 12.6. The van der Waals surface area contributed by atoms with Crippen LogP contribution >= 0.6 is 11.6 Å². The molecule has 0 saturated heterocycles. The number of carbonyl (C=O) groups excluding carboxylic acids is 2. The first-order chi connectivity index (χ1) is 27.3. The van der Waals surface area contributed by atoms with Crippen molar-refractivity contribution in [3.05, 3.63) is 112 Å². The van der Waals surface area contributed by atoms with Crippen molar-refractivity contribution in [2.75, 3.05) is 13.2 Å². The molecular weight excluding hydrogens is 757 g/mol. The van der Waals surface area contributed by atoms with E-state index in [1.165, 1.54) is 12.1 Å². The number of hydrogen-bond donors (Lipinski definition) is 0. The molecular formula is C47H55ClFN3O6. The summed E-state index contributed by atoms with van der Waals surface area (Å²) >= 11 is 6.13. The normalized spacial score (nSPS) is 15.1. The Morgan fingerprint density at radius 1 is 0.948 bits per heavy atom. The first-order valence-corrected chi connectivity index (χ1v) is 20.4. The van der Waals surface area contributed by atoms with Crippen LogP contribution in [0.25, 0.3) is 22.6 Å². The van der Waals surface area contributed by atoms with Crippen LogP contribution in [-0.4, -0.2) is 46.2 Å². The Hall–Kier alpha value is -4.96. The summed E-state index contributed by atoms with van der Waals surface area (Å²) in [6.45, 7) is 19.5. The second kappa shape index (κ2) is 17.1. The number of aryl methyl sites for hydroxylation is 1. The fourth-order valence-corrected chi connectivity index (χ4v) is 7.84. The smallest absolute Gasteiger partial charge is 0.410 e. The molecule has 1 aliphatic carbocycles. The average Bonchev–Trinajstić information content (AvgIpc) is 3.59. The first kappa shape index (κ1) is 42.6. The molecule has 1 aliphatic rings. The second-order valence-corrected chi connectivity index (χ2v) is 18.2. The van der Waals surface area contributed by atoms with Gasteiger partial charge in [0.25, 0.3) is 0 Å². The molecule has 1 amide bonds. The number of ether oxygens (including phenoxy) is 3. The third-order valence-electron chi connectivity index (χ3n) is 11.5. The number of nitrogens with zero attached hydrogens (tertiary/aromatic N) is 3. The predicted octanol–water partition coefficient (Wildman–Crippen LogP) is 12.0. The number of oxazole rings is 1. The van der Waals surface area contributed by atoms with Crippen molar-refractivity contribution in [2.24, 2.45) is 16.2 Å². The van der Waals surface area contributed by atoms with Gasteiger partial charge in [0.1, 0.15) is 35.5 Å². The van der Waals surface area contributed by atoms with E-state index in [1.807, 2.05) is 30.3 Å². The Morgan fingerprint density at radius 3 is 2.38 bits per heavy atom. The highest BCUT2D eigenvalue weighted by atomic mass is 35.5. The summed E-state index contributed by atoms with van der Waals surface area (Å²) in [5.74, 6) is 0.115. The van der Waals surface area contributed by atoms with Crippen molar-refractivity contribution < 1.29 is 32.6 Å². The van der Waals surface area contributed by atoms with Gasteiger partial charge in [-0.3, -0.25) is 0 Å². The average molecular weight is 812 g/mol. The molecule has 2 unspecified atom stereocenters. The highest BCUT2D eigenvalue weighted by molar-refractivity contribution is 6.31. The van der Waals surface area contributed by atoms with E-state index in [0.717, 1.165) is 28.8 Å². The molecule has 5 aromatic rings. The van der Waals surface area contributed by atoms with Crippen LogP contribution in [-0.2, 0) is 28.9 Å². The molecule has 58 heavy (non-hydrogen) atoms. The van der Waals surface area contributed by atoms with Crippen molar-refractivity contribution in [1.82, 2.24) is 14.9 Å². The number of benzene rings is 3. The number of pyridine rings is 1. The lowest BCUT2D eigenvalue weighted by atomic mass is 9.60. The summed E-state index contributed by atoms with van der Waals surface area (Å²) in [7, 11) is 0. The van der Waals surface area contributed by atoms with Gasteiger partial charge in [-0.05, 0) is 115 Å². The van der Waals surface area contributed by atoms with Crippen molar-refractivity contribution >= 4 is 34.8 Å². The van der Waals surface area contributed by atoms with Crippen LogP contribution < -0.4 is 4.74 Å². The number of hydrogen-bond acceptors (Lipinski definition) is 8. The molecule has 2 heterocycles. The van der Waals surface area contributed by atoms with Crippen molar-refractivity contribution in [3.8, 4) is 17.2 Å². The van der Waals surface area contributed by atoms with Crippen LogP contribution in [0.3, 0.4) is 0 Å². The number of esters is 1. The van der Waals surface area contributed by atoms with Gasteiger partial charge in [0.2, 0.25) is 5.89 Å². The number of rotatable bonds is 12. The van der Waals surface area contributed by atoms with Crippen molar-refractivity contribution in [2.45, 2.75) is 107 Å². The monoisotopic (exact) mass is 811 g/mol. The maximum absolute atomic E-state index is 14.9. The van der Waals surface area contributed by atoms with Crippen LogP contribution in [0.15, 0.2) is 77.2 Å². The maximum Gasteiger partial charge on any atom is 0.410 e. The molecule has 0 spiro atoms. The van der Waals surface area contributed by atoms with Gasteiger partial charge in [0, 0.05) is 28.2 Å². The molecule has 0 fully saturated rings. The third kappa shape index (κ3) is 9.49. The van der Waals surface area contributed by atoms with Crippen molar-refractivity contribution in [3.63, 3.8) is 0 Å². The van der Waals surface area contributed by atoms with Crippen molar-refractivity contribution in [1.29, 1.82) is 0 Å². The van der Waals surface area contributed by atoms with Gasteiger partial charge in [-0.25, -0.2) is 23.9 Å². The summed E-state index contributed by atoms with van der Waals surface area (Å²) in [6.07, 6.45) is 1.49. The Labute approximate surface area is 346 Å². The SMILES string of the molecule is CCOC(=O)c1ccc2c(n1)CCCC2N(CCc1cc(F)ccc1OCc1ccc(-c2nc3cc(Cl)ccc3o2)cc1)C(=O)OC(C(C)(C)C)C(C)(C)C(C)(C)C. The topological polar surface area (TPSA) is 104 Å². The lowest BCUT2D eigenvalue weighted by Gasteiger charge is -2.50. The number of amides is 1. The van der Waals surface area contributed by atoms with Crippen LogP contribution in [0.1, 0.15) is 114 Å². The molecule has 6 rings (SSSR count). The zero-order valence-corrected chi connectivity index (χ0v) is 35.8. The Bertz CT molecular complexity index is 2260. The van der Waals surface area contributed by atoms with Crippen LogP contribution in [0.5, 0.6) is 5.75 Å². The van der Waals surface area contributed by atoms with E-state index in [2.05, 4.69) is 60.4 Å². The summed E-state index contributed by atoms with van der Waals surface area (Å²) in [6, 6.07) is 20.6. The minimum Gasteiger partial charge on any atom is -0.489 e. The zero-order chi connectivity index (χ0) is 42.0. The lowest BCUT2D eigenvalue weighted by Crippen LogP contribution is -2.52. The molecule has 9 nitrogen and oxygen atoms in total. The van der Waals surface area contributed by atoms with E-state index < -0.39 is 29.4 Å². The highest BCUT2D eigenvalue weighted by Crippen LogP contribution is 2.48. The molecule has 308 valence electrons. The molecule has 0 radical (unpaired) electrons. The standard InChI is InChI=1S/C47H55ClFN3O6/c1-10-55-42(53)36-21-20-34-35(50-36)12-11-13-38(34)52(44(54)58-43(45(2,3)4)47(8,9)46(5,6)7)25-24-31-26-33(49)19-23-39(31)56-28-29-14-16-30(17-15-29)41-51-37-27-32(48)18-22-40(37)57-41/h14-23,26-27,38,43H,10-13,24-25,28H2,1-9H3. The molecule has 0 N–H and O–H groups in total. The number of carbonyl (C=O) groups is 2. The molecule has 0 aliphatic heterocycles. The van der Waals surface area contributed by atoms with Gasteiger partial charge in [0.05, 0.1) is 12.6 Å². The molecule has 2 atom stereocenters. The highest BCUT2D eigenvalue weighted by Gasteiger charge is 2.49. The Morgan fingerprint density at radius 2 is 1.69 bits per heavy atom.